The molecule has 2 aliphatic heterocycles. The van der Waals surface area contributed by atoms with Gasteiger partial charge in [-0.05, 0) is 30.9 Å². The summed E-state index contributed by atoms with van der Waals surface area (Å²) in [4.78, 5) is 2.49. The molecule has 1 saturated heterocycles. The maximum Gasteiger partial charge on any atom is 0.0703 e. The zero-order valence-electron chi connectivity index (χ0n) is 11.1. The Balaban J connectivity index is 1.77. The van der Waals surface area contributed by atoms with Gasteiger partial charge in [0.15, 0.2) is 0 Å². The van der Waals surface area contributed by atoms with Crippen LogP contribution in [0.2, 0.25) is 0 Å². The molecule has 0 radical (unpaired) electrons. The molecule has 1 fully saturated rings. The van der Waals surface area contributed by atoms with Crippen molar-refractivity contribution >= 4 is 0 Å². The standard InChI is InChI=1S/C15H22N2O/c1-11-4-5-12-9-17(10-13-3-2-6-18-13)15(8-16)14(12)7-11/h4-5,7,13,15H,2-3,6,8-10,16H2,1H3. The first-order valence-corrected chi connectivity index (χ1v) is 6.93. The lowest BCUT2D eigenvalue weighted by molar-refractivity contribution is 0.0609. The quantitative estimate of drug-likeness (QED) is 0.886. The summed E-state index contributed by atoms with van der Waals surface area (Å²) < 4.78 is 5.75. The Kier molecular flexibility index (Phi) is 3.37. The average Bonchev–Trinajstić information content (AvgIpc) is 2.96. The van der Waals surface area contributed by atoms with Gasteiger partial charge in [0.05, 0.1) is 6.10 Å². The number of fused-ring (bicyclic) bond motifs is 1. The Morgan fingerprint density at radius 2 is 2.33 bits per heavy atom. The molecule has 0 aromatic heterocycles. The van der Waals surface area contributed by atoms with Gasteiger partial charge in [-0.25, -0.2) is 0 Å². The van der Waals surface area contributed by atoms with Crippen molar-refractivity contribution in [1.29, 1.82) is 0 Å². The molecule has 2 aliphatic rings. The highest BCUT2D eigenvalue weighted by Gasteiger charge is 2.31. The lowest BCUT2D eigenvalue weighted by Gasteiger charge is -2.26. The van der Waals surface area contributed by atoms with Crippen LogP contribution in [0.15, 0.2) is 18.2 Å². The highest BCUT2D eigenvalue weighted by molar-refractivity contribution is 5.37. The number of hydrogen-bond donors (Lipinski definition) is 1. The maximum atomic E-state index is 5.98. The molecule has 1 aromatic rings. The van der Waals surface area contributed by atoms with Crippen molar-refractivity contribution in [2.45, 2.75) is 38.5 Å². The fraction of sp³-hybridized carbons (Fsp3) is 0.600. The molecule has 0 aliphatic carbocycles. The van der Waals surface area contributed by atoms with Gasteiger partial charge in [-0.3, -0.25) is 4.90 Å². The van der Waals surface area contributed by atoms with Crippen molar-refractivity contribution < 1.29 is 4.74 Å². The lowest BCUT2D eigenvalue weighted by atomic mass is 10.0. The molecule has 2 heterocycles. The van der Waals surface area contributed by atoms with Crippen LogP contribution in [0.5, 0.6) is 0 Å². The molecule has 18 heavy (non-hydrogen) atoms. The van der Waals surface area contributed by atoms with Crippen LogP contribution in [-0.4, -0.2) is 30.7 Å². The first kappa shape index (κ1) is 12.2. The first-order valence-electron chi connectivity index (χ1n) is 6.93. The molecule has 1 aromatic carbocycles. The molecule has 0 spiro atoms. The number of ether oxygens (including phenoxy) is 1. The zero-order chi connectivity index (χ0) is 12.5. The number of aryl methyl sites for hydroxylation is 1. The zero-order valence-corrected chi connectivity index (χ0v) is 11.1. The number of nitrogens with zero attached hydrogens (tertiary/aromatic N) is 1. The average molecular weight is 246 g/mol. The van der Waals surface area contributed by atoms with E-state index in [1.54, 1.807) is 0 Å². The predicted molar refractivity (Wildman–Crippen MR) is 72.4 cm³/mol. The normalized spacial score (nSPS) is 27.7. The summed E-state index contributed by atoms with van der Waals surface area (Å²) in [6.45, 7) is 5.82. The maximum absolute atomic E-state index is 5.98. The van der Waals surface area contributed by atoms with E-state index in [1.807, 2.05) is 0 Å². The Labute approximate surface area is 109 Å². The summed E-state index contributed by atoms with van der Waals surface area (Å²) in [6, 6.07) is 7.12. The fourth-order valence-corrected chi connectivity index (χ4v) is 3.21. The second-order valence-electron chi connectivity index (χ2n) is 5.52. The lowest BCUT2D eigenvalue weighted by Crippen LogP contribution is -2.34. The molecule has 3 nitrogen and oxygen atoms in total. The molecule has 2 unspecified atom stereocenters. The molecule has 98 valence electrons. The third-order valence-electron chi connectivity index (χ3n) is 4.16. The van der Waals surface area contributed by atoms with Crippen molar-refractivity contribution in [3.8, 4) is 0 Å². The van der Waals surface area contributed by atoms with Gasteiger partial charge in [0.1, 0.15) is 0 Å². The van der Waals surface area contributed by atoms with E-state index < -0.39 is 0 Å². The van der Waals surface area contributed by atoms with E-state index >= 15 is 0 Å². The fourth-order valence-electron chi connectivity index (χ4n) is 3.21. The van der Waals surface area contributed by atoms with E-state index in [0.29, 0.717) is 18.7 Å². The van der Waals surface area contributed by atoms with Crippen molar-refractivity contribution in [2.24, 2.45) is 5.73 Å². The molecule has 3 rings (SSSR count). The molecule has 3 heteroatoms. The van der Waals surface area contributed by atoms with Crippen LogP contribution in [0.25, 0.3) is 0 Å². The summed E-state index contributed by atoms with van der Waals surface area (Å²) in [6.07, 6.45) is 2.82. The van der Waals surface area contributed by atoms with E-state index in [9.17, 15) is 0 Å². The van der Waals surface area contributed by atoms with Crippen LogP contribution in [0.4, 0.5) is 0 Å². The number of nitrogens with two attached hydrogens (primary N) is 1. The van der Waals surface area contributed by atoms with Crippen molar-refractivity contribution in [2.75, 3.05) is 19.7 Å². The molecule has 0 bridgehead atoms. The minimum Gasteiger partial charge on any atom is -0.377 e. The van der Waals surface area contributed by atoms with Crippen LogP contribution in [0.1, 0.15) is 35.6 Å². The molecule has 2 atom stereocenters. The van der Waals surface area contributed by atoms with Crippen LogP contribution in [0, 0.1) is 6.92 Å². The summed E-state index contributed by atoms with van der Waals surface area (Å²) in [5.41, 5.74) is 10.2. The Morgan fingerprint density at radius 1 is 1.44 bits per heavy atom. The van der Waals surface area contributed by atoms with Crippen LogP contribution < -0.4 is 5.73 Å². The SMILES string of the molecule is Cc1ccc2c(c1)C(CN)N(CC1CCCO1)C2. The van der Waals surface area contributed by atoms with Crippen LogP contribution in [-0.2, 0) is 11.3 Å². The number of benzene rings is 1. The largest absolute Gasteiger partial charge is 0.377 e. The third-order valence-corrected chi connectivity index (χ3v) is 4.16. The minimum absolute atomic E-state index is 0.379. The van der Waals surface area contributed by atoms with Crippen molar-refractivity contribution in [3.63, 3.8) is 0 Å². The van der Waals surface area contributed by atoms with Gasteiger partial charge >= 0.3 is 0 Å². The topological polar surface area (TPSA) is 38.5 Å². The minimum atomic E-state index is 0.379. The smallest absolute Gasteiger partial charge is 0.0703 e. The van der Waals surface area contributed by atoms with E-state index in [4.69, 9.17) is 10.5 Å². The molecule has 2 N–H and O–H groups in total. The summed E-state index contributed by atoms with van der Waals surface area (Å²) in [7, 11) is 0. The van der Waals surface area contributed by atoms with Gasteiger partial charge < -0.3 is 10.5 Å². The van der Waals surface area contributed by atoms with E-state index in [0.717, 1.165) is 19.7 Å². The van der Waals surface area contributed by atoms with E-state index in [2.05, 4.69) is 30.0 Å². The number of hydrogen-bond acceptors (Lipinski definition) is 3. The second kappa shape index (κ2) is 5.00. The van der Waals surface area contributed by atoms with Crippen LogP contribution in [0.3, 0.4) is 0 Å². The Hall–Kier alpha value is -0.900. The highest BCUT2D eigenvalue weighted by Crippen LogP contribution is 2.34. The first-order chi connectivity index (χ1) is 8.78. The summed E-state index contributed by atoms with van der Waals surface area (Å²) in [5.74, 6) is 0. The third kappa shape index (κ3) is 2.18. The van der Waals surface area contributed by atoms with Crippen LogP contribution >= 0.6 is 0 Å². The van der Waals surface area contributed by atoms with E-state index in [-0.39, 0.29) is 0 Å². The van der Waals surface area contributed by atoms with Gasteiger partial charge in [0.25, 0.3) is 0 Å². The summed E-state index contributed by atoms with van der Waals surface area (Å²) >= 11 is 0. The molecule has 0 amide bonds. The van der Waals surface area contributed by atoms with Gasteiger partial charge in [-0.15, -0.1) is 0 Å². The Bertz CT molecular complexity index is 427. The van der Waals surface area contributed by atoms with Gasteiger partial charge in [0.2, 0.25) is 0 Å². The van der Waals surface area contributed by atoms with Gasteiger partial charge in [-0.2, -0.15) is 0 Å². The summed E-state index contributed by atoms with van der Waals surface area (Å²) in [5, 5.41) is 0. The van der Waals surface area contributed by atoms with Gasteiger partial charge in [-0.1, -0.05) is 23.8 Å². The highest BCUT2D eigenvalue weighted by atomic mass is 16.5. The monoisotopic (exact) mass is 246 g/mol. The Morgan fingerprint density at radius 3 is 3.06 bits per heavy atom. The molecular weight excluding hydrogens is 224 g/mol. The number of rotatable bonds is 3. The van der Waals surface area contributed by atoms with E-state index in [1.165, 1.54) is 29.5 Å². The van der Waals surface area contributed by atoms with Gasteiger partial charge in [0, 0.05) is 32.3 Å². The van der Waals surface area contributed by atoms with Crippen molar-refractivity contribution in [1.82, 2.24) is 4.90 Å². The molecular formula is C15H22N2O. The second-order valence-corrected chi connectivity index (χ2v) is 5.52. The van der Waals surface area contributed by atoms with Crippen molar-refractivity contribution in [3.05, 3.63) is 34.9 Å². The molecule has 0 saturated carbocycles. The predicted octanol–water partition coefficient (Wildman–Crippen LogP) is 1.99.